The van der Waals surface area contributed by atoms with Gasteiger partial charge in [-0.05, 0) is 11.1 Å². The monoisotopic (exact) mass is 323 g/mol. The molecule has 1 aliphatic heterocycles. The second kappa shape index (κ2) is 8.08. The first-order valence-corrected chi connectivity index (χ1v) is 8.57. The van der Waals surface area contributed by atoms with E-state index in [1.807, 2.05) is 41.3 Å². The van der Waals surface area contributed by atoms with Crippen molar-refractivity contribution in [2.24, 2.45) is 5.73 Å². The molecule has 4 nitrogen and oxygen atoms in total. The van der Waals surface area contributed by atoms with Crippen LogP contribution in [0.2, 0.25) is 0 Å². The van der Waals surface area contributed by atoms with Crippen LogP contribution < -0.4 is 5.73 Å². The van der Waals surface area contributed by atoms with E-state index in [2.05, 4.69) is 29.2 Å². The predicted molar refractivity (Wildman–Crippen MR) is 96.3 cm³/mol. The van der Waals surface area contributed by atoms with Crippen LogP contribution in [0.25, 0.3) is 0 Å². The Kier molecular flexibility index (Phi) is 5.62. The fourth-order valence-electron chi connectivity index (χ4n) is 3.13. The maximum absolute atomic E-state index is 12.5. The van der Waals surface area contributed by atoms with Crippen molar-refractivity contribution in [3.63, 3.8) is 0 Å². The van der Waals surface area contributed by atoms with Gasteiger partial charge in [0.25, 0.3) is 0 Å². The van der Waals surface area contributed by atoms with Gasteiger partial charge < -0.3 is 10.6 Å². The van der Waals surface area contributed by atoms with E-state index in [0.717, 1.165) is 38.3 Å². The van der Waals surface area contributed by atoms with Gasteiger partial charge in [-0.2, -0.15) is 0 Å². The summed E-state index contributed by atoms with van der Waals surface area (Å²) in [6, 6.07) is 20.1. The Labute approximate surface area is 143 Å². The lowest BCUT2D eigenvalue weighted by molar-refractivity contribution is -0.133. The highest BCUT2D eigenvalue weighted by Gasteiger charge is 2.22. The third kappa shape index (κ3) is 4.43. The van der Waals surface area contributed by atoms with Crippen molar-refractivity contribution in [2.75, 3.05) is 26.2 Å². The van der Waals surface area contributed by atoms with Crippen LogP contribution in [-0.2, 0) is 11.3 Å². The van der Waals surface area contributed by atoms with Gasteiger partial charge in [0.05, 0.1) is 0 Å². The number of amides is 1. The number of nitrogens with two attached hydrogens (primary N) is 1. The van der Waals surface area contributed by atoms with Gasteiger partial charge in [-0.3, -0.25) is 9.69 Å². The van der Waals surface area contributed by atoms with Crippen LogP contribution >= 0.6 is 0 Å². The Morgan fingerprint density at radius 3 is 2.12 bits per heavy atom. The predicted octanol–water partition coefficient (Wildman–Crippen LogP) is 2.42. The molecular weight excluding hydrogens is 298 g/mol. The molecule has 0 bridgehead atoms. The summed E-state index contributed by atoms with van der Waals surface area (Å²) >= 11 is 0. The SMILES string of the molecule is NC(CC(=O)N1CCN(Cc2ccccc2)CC1)c1ccccc1. The van der Waals surface area contributed by atoms with Crippen molar-refractivity contribution in [1.29, 1.82) is 0 Å². The van der Waals surface area contributed by atoms with Crippen molar-refractivity contribution < 1.29 is 4.79 Å². The number of hydrogen-bond acceptors (Lipinski definition) is 3. The standard InChI is InChI=1S/C20H25N3O/c21-19(18-9-5-2-6-10-18)15-20(24)23-13-11-22(12-14-23)16-17-7-3-1-4-8-17/h1-10,19H,11-16,21H2. The fraction of sp³-hybridized carbons (Fsp3) is 0.350. The van der Waals surface area contributed by atoms with E-state index in [1.54, 1.807) is 0 Å². The van der Waals surface area contributed by atoms with Gasteiger partial charge in [0.2, 0.25) is 5.91 Å². The Morgan fingerprint density at radius 2 is 1.50 bits per heavy atom. The maximum atomic E-state index is 12.5. The van der Waals surface area contributed by atoms with E-state index in [9.17, 15) is 4.79 Å². The van der Waals surface area contributed by atoms with E-state index in [0.29, 0.717) is 6.42 Å². The zero-order chi connectivity index (χ0) is 16.8. The maximum Gasteiger partial charge on any atom is 0.224 e. The summed E-state index contributed by atoms with van der Waals surface area (Å²) in [6.45, 7) is 4.36. The molecule has 2 N–H and O–H groups in total. The van der Waals surface area contributed by atoms with Crippen LogP contribution in [0.5, 0.6) is 0 Å². The number of carbonyl (C=O) groups is 1. The van der Waals surface area contributed by atoms with Gasteiger partial charge >= 0.3 is 0 Å². The Hall–Kier alpha value is -2.17. The second-order valence-corrected chi connectivity index (χ2v) is 6.36. The smallest absolute Gasteiger partial charge is 0.224 e. The fourth-order valence-corrected chi connectivity index (χ4v) is 3.13. The molecule has 2 aromatic carbocycles. The van der Waals surface area contributed by atoms with Gasteiger partial charge in [-0.15, -0.1) is 0 Å². The van der Waals surface area contributed by atoms with Crippen LogP contribution in [-0.4, -0.2) is 41.9 Å². The normalized spacial score (nSPS) is 16.8. The summed E-state index contributed by atoms with van der Waals surface area (Å²) in [7, 11) is 0. The third-order valence-electron chi connectivity index (χ3n) is 4.60. The van der Waals surface area contributed by atoms with E-state index in [1.165, 1.54) is 5.56 Å². The molecule has 1 atom stereocenters. The summed E-state index contributed by atoms with van der Waals surface area (Å²) < 4.78 is 0. The van der Waals surface area contributed by atoms with Gasteiger partial charge in [0.1, 0.15) is 0 Å². The number of rotatable bonds is 5. The summed E-state index contributed by atoms with van der Waals surface area (Å²) in [5.74, 6) is 0.158. The van der Waals surface area contributed by atoms with Crippen LogP contribution in [0.3, 0.4) is 0 Å². The molecule has 3 rings (SSSR count). The summed E-state index contributed by atoms with van der Waals surface area (Å²) in [6.07, 6.45) is 0.378. The molecule has 0 aromatic heterocycles. The molecule has 0 spiro atoms. The molecule has 1 saturated heterocycles. The summed E-state index contributed by atoms with van der Waals surface area (Å²) in [4.78, 5) is 16.8. The molecule has 2 aromatic rings. The number of nitrogens with zero attached hydrogens (tertiary/aromatic N) is 2. The highest BCUT2D eigenvalue weighted by Crippen LogP contribution is 2.16. The molecule has 1 fully saturated rings. The molecule has 1 unspecified atom stereocenters. The Morgan fingerprint density at radius 1 is 0.917 bits per heavy atom. The molecule has 0 aliphatic carbocycles. The van der Waals surface area contributed by atoms with E-state index >= 15 is 0 Å². The quantitative estimate of drug-likeness (QED) is 0.919. The summed E-state index contributed by atoms with van der Waals surface area (Å²) in [5.41, 5.74) is 8.52. The molecule has 4 heteroatoms. The zero-order valence-electron chi connectivity index (χ0n) is 14.0. The summed E-state index contributed by atoms with van der Waals surface area (Å²) in [5, 5.41) is 0. The lowest BCUT2D eigenvalue weighted by atomic mass is 10.0. The van der Waals surface area contributed by atoms with Crippen molar-refractivity contribution in [3.05, 3.63) is 71.8 Å². The van der Waals surface area contributed by atoms with Crippen molar-refractivity contribution in [2.45, 2.75) is 19.0 Å². The molecular formula is C20H25N3O. The van der Waals surface area contributed by atoms with Crippen molar-refractivity contribution >= 4 is 5.91 Å². The van der Waals surface area contributed by atoms with E-state index < -0.39 is 0 Å². The molecule has 1 aliphatic rings. The first-order valence-electron chi connectivity index (χ1n) is 8.57. The van der Waals surface area contributed by atoms with Crippen LogP contribution in [0, 0.1) is 0 Å². The molecule has 24 heavy (non-hydrogen) atoms. The average Bonchev–Trinajstić information content (AvgIpc) is 2.64. The minimum Gasteiger partial charge on any atom is -0.340 e. The lowest BCUT2D eigenvalue weighted by Gasteiger charge is -2.35. The molecule has 0 saturated carbocycles. The van der Waals surface area contributed by atoms with Crippen molar-refractivity contribution in [3.8, 4) is 0 Å². The minimum atomic E-state index is -0.221. The molecule has 0 radical (unpaired) electrons. The topological polar surface area (TPSA) is 49.6 Å². The van der Waals surface area contributed by atoms with Gasteiger partial charge in [0, 0.05) is 45.2 Å². The molecule has 126 valence electrons. The third-order valence-corrected chi connectivity index (χ3v) is 4.60. The van der Waals surface area contributed by atoms with E-state index in [-0.39, 0.29) is 11.9 Å². The van der Waals surface area contributed by atoms with Gasteiger partial charge in [-0.25, -0.2) is 0 Å². The number of hydrogen-bond donors (Lipinski definition) is 1. The van der Waals surface area contributed by atoms with Crippen LogP contribution in [0.1, 0.15) is 23.6 Å². The van der Waals surface area contributed by atoms with Gasteiger partial charge in [-0.1, -0.05) is 60.7 Å². The molecule has 1 amide bonds. The van der Waals surface area contributed by atoms with Crippen LogP contribution in [0.4, 0.5) is 0 Å². The minimum absolute atomic E-state index is 0.158. The van der Waals surface area contributed by atoms with Gasteiger partial charge in [0.15, 0.2) is 0 Å². The largest absolute Gasteiger partial charge is 0.340 e. The number of benzene rings is 2. The highest BCUT2D eigenvalue weighted by atomic mass is 16.2. The number of piperazine rings is 1. The Bertz CT molecular complexity index is 636. The van der Waals surface area contributed by atoms with Crippen molar-refractivity contribution in [1.82, 2.24) is 9.80 Å². The highest BCUT2D eigenvalue weighted by molar-refractivity contribution is 5.77. The van der Waals surface area contributed by atoms with Crippen LogP contribution in [0.15, 0.2) is 60.7 Å². The van der Waals surface area contributed by atoms with E-state index in [4.69, 9.17) is 5.73 Å². The Balaban J connectivity index is 1.47. The first-order chi connectivity index (χ1) is 11.7. The molecule has 1 heterocycles. The zero-order valence-corrected chi connectivity index (χ0v) is 14.0. The number of carbonyl (C=O) groups excluding carboxylic acids is 1. The lowest BCUT2D eigenvalue weighted by Crippen LogP contribution is -2.48. The first kappa shape index (κ1) is 16.7. The second-order valence-electron chi connectivity index (χ2n) is 6.36. The average molecular weight is 323 g/mol.